The molecule has 0 atom stereocenters. The summed E-state index contributed by atoms with van der Waals surface area (Å²) in [4.78, 5) is 22.4. The highest BCUT2D eigenvalue weighted by molar-refractivity contribution is 9.11. The third-order valence-corrected chi connectivity index (χ3v) is 3.15. The number of hydrogen-bond acceptors (Lipinski definition) is 3. The molecule has 6 heteroatoms. The van der Waals surface area contributed by atoms with Crippen LogP contribution >= 0.6 is 31.9 Å². The van der Waals surface area contributed by atoms with Gasteiger partial charge in [0.15, 0.2) is 0 Å². The Kier molecular flexibility index (Phi) is 4.89. The average molecular weight is 364 g/mol. The molecule has 1 rings (SSSR count). The minimum Gasteiger partial charge on any atom is -0.478 e. The summed E-state index contributed by atoms with van der Waals surface area (Å²) in [6, 6.07) is 2.75. The third-order valence-electron chi connectivity index (χ3n) is 1.84. The Labute approximate surface area is 115 Å². The molecule has 1 N–H and O–H groups in total. The van der Waals surface area contributed by atoms with Crippen LogP contribution in [0.2, 0.25) is 0 Å². The summed E-state index contributed by atoms with van der Waals surface area (Å²) in [6.07, 6.45) is 1.45. The number of hydrogen-bond donors (Lipinski definition) is 1. The van der Waals surface area contributed by atoms with E-state index in [1.807, 2.05) is 0 Å². The monoisotopic (exact) mass is 362 g/mol. The maximum absolute atomic E-state index is 11.6. The van der Waals surface area contributed by atoms with Crippen LogP contribution in [0.1, 0.15) is 20.7 Å². The van der Waals surface area contributed by atoms with Crippen molar-refractivity contribution >= 4 is 43.8 Å². The zero-order valence-electron chi connectivity index (χ0n) is 8.57. The number of halogens is 2. The fourth-order valence-corrected chi connectivity index (χ4v) is 2.10. The molecule has 0 aliphatic heterocycles. The van der Waals surface area contributed by atoms with Crippen LogP contribution in [0.5, 0.6) is 0 Å². The third kappa shape index (κ3) is 3.41. The topological polar surface area (TPSA) is 63.6 Å². The van der Waals surface area contributed by atoms with E-state index in [4.69, 9.17) is 9.84 Å². The lowest BCUT2D eigenvalue weighted by Gasteiger charge is -2.07. The zero-order valence-corrected chi connectivity index (χ0v) is 11.7. The van der Waals surface area contributed by atoms with E-state index in [9.17, 15) is 9.59 Å². The molecule has 0 heterocycles. The largest absolute Gasteiger partial charge is 0.478 e. The second-order valence-corrected chi connectivity index (χ2v) is 4.71. The first-order valence-corrected chi connectivity index (χ1v) is 6.06. The molecular weight excluding hydrogens is 356 g/mol. The van der Waals surface area contributed by atoms with Crippen molar-refractivity contribution in [1.82, 2.24) is 0 Å². The average Bonchev–Trinajstić information content (AvgIpc) is 2.28. The molecule has 0 aliphatic carbocycles. The summed E-state index contributed by atoms with van der Waals surface area (Å²) in [5.41, 5.74) is 0.320. The lowest BCUT2D eigenvalue weighted by atomic mass is 10.1. The van der Waals surface area contributed by atoms with Gasteiger partial charge in [-0.25, -0.2) is 9.59 Å². The fourth-order valence-electron chi connectivity index (χ4n) is 1.08. The van der Waals surface area contributed by atoms with Gasteiger partial charge in [0.1, 0.15) is 6.61 Å². The van der Waals surface area contributed by atoms with Gasteiger partial charge in [0.25, 0.3) is 0 Å². The van der Waals surface area contributed by atoms with Crippen LogP contribution in [-0.4, -0.2) is 23.7 Å². The second-order valence-electron chi connectivity index (χ2n) is 3.00. The van der Waals surface area contributed by atoms with E-state index >= 15 is 0 Å². The van der Waals surface area contributed by atoms with Gasteiger partial charge < -0.3 is 9.84 Å². The molecule has 0 unspecified atom stereocenters. The van der Waals surface area contributed by atoms with Gasteiger partial charge in [-0.2, -0.15) is 0 Å². The van der Waals surface area contributed by atoms with E-state index < -0.39 is 11.9 Å². The van der Waals surface area contributed by atoms with Crippen LogP contribution in [0.3, 0.4) is 0 Å². The van der Waals surface area contributed by atoms with Gasteiger partial charge in [-0.05, 0) is 44.0 Å². The fraction of sp³-hybridized carbons (Fsp3) is 0.0909. The molecule has 1 aromatic rings. The van der Waals surface area contributed by atoms with Crippen LogP contribution in [-0.2, 0) is 4.74 Å². The Morgan fingerprint density at radius 1 is 1.29 bits per heavy atom. The summed E-state index contributed by atoms with van der Waals surface area (Å²) in [5, 5.41) is 8.88. The van der Waals surface area contributed by atoms with Gasteiger partial charge in [0, 0.05) is 8.95 Å². The lowest BCUT2D eigenvalue weighted by Crippen LogP contribution is -2.08. The Morgan fingerprint density at radius 3 is 2.35 bits per heavy atom. The van der Waals surface area contributed by atoms with Crippen LogP contribution < -0.4 is 0 Å². The number of carboxylic acids is 1. The van der Waals surface area contributed by atoms with Gasteiger partial charge in [-0.3, -0.25) is 0 Å². The first-order chi connectivity index (χ1) is 7.97. The Bertz CT molecular complexity index is 483. The number of esters is 1. The number of carboxylic acid groups (broad SMARTS) is 1. The molecule has 0 saturated heterocycles. The Morgan fingerprint density at radius 2 is 1.82 bits per heavy atom. The number of carbonyl (C=O) groups excluding carboxylic acids is 1. The van der Waals surface area contributed by atoms with Crippen LogP contribution in [0.15, 0.2) is 33.7 Å². The SMILES string of the molecule is C=CCOC(=O)c1cc(Br)c(C(=O)O)cc1Br. The molecule has 0 radical (unpaired) electrons. The van der Waals surface area contributed by atoms with Gasteiger partial charge in [-0.15, -0.1) is 0 Å². The number of benzene rings is 1. The van der Waals surface area contributed by atoms with Crippen molar-refractivity contribution in [2.24, 2.45) is 0 Å². The standard InChI is InChI=1S/C11H8Br2O4/c1-2-3-17-11(16)7-5-8(12)6(10(14)15)4-9(7)13/h2,4-5H,1,3H2,(H,14,15). The predicted octanol–water partition coefficient (Wildman–Crippen LogP) is 3.25. The van der Waals surface area contributed by atoms with Crippen molar-refractivity contribution in [2.75, 3.05) is 6.61 Å². The zero-order chi connectivity index (χ0) is 13.0. The van der Waals surface area contributed by atoms with Crippen molar-refractivity contribution in [3.8, 4) is 0 Å². The number of aromatic carboxylic acids is 1. The highest BCUT2D eigenvalue weighted by Gasteiger charge is 2.17. The van der Waals surface area contributed by atoms with Crippen molar-refractivity contribution in [3.05, 3.63) is 44.9 Å². The molecule has 0 aromatic heterocycles. The molecule has 0 aliphatic rings. The minimum absolute atomic E-state index is 0.0668. The van der Waals surface area contributed by atoms with Crippen LogP contribution in [0.4, 0.5) is 0 Å². The van der Waals surface area contributed by atoms with E-state index in [1.165, 1.54) is 18.2 Å². The van der Waals surface area contributed by atoms with E-state index in [0.717, 1.165) is 0 Å². The van der Waals surface area contributed by atoms with Crippen molar-refractivity contribution < 1.29 is 19.4 Å². The summed E-state index contributed by atoms with van der Waals surface area (Å²) in [7, 11) is 0. The first-order valence-electron chi connectivity index (χ1n) is 4.47. The highest BCUT2D eigenvalue weighted by Crippen LogP contribution is 2.26. The summed E-state index contributed by atoms with van der Waals surface area (Å²) < 4.78 is 5.54. The van der Waals surface area contributed by atoms with E-state index in [0.29, 0.717) is 8.95 Å². The molecule has 1 aromatic carbocycles. The summed E-state index contributed by atoms with van der Waals surface area (Å²) >= 11 is 6.22. The van der Waals surface area contributed by atoms with Gasteiger partial charge in [0.2, 0.25) is 0 Å². The normalized spacial score (nSPS) is 9.76. The Hall–Kier alpha value is -1.14. The summed E-state index contributed by atoms with van der Waals surface area (Å²) in [6.45, 7) is 3.53. The van der Waals surface area contributed by atoms with Gasteiger partial charge >= 0.3 is 11.9 Å². The number of ether oxygens (including phenoxy) is 1. The quantitative estimate of drug-likeness (QED) is 0.658. The maximum Gasteiger partial charge on any atom is 0.339 e. The first kappa shape index (κ1) is 13.9. The minimum atomic E-state index is -1.08. The van der Waals surface area contributed by atoms with Gasteiger partial charge in [0.05, 0.1) is 11.1 Å². The van der Waals surface area contributed by atoms with Crippen molar-refractivity contribution in [1.29, 1.82) is 0 Å². The molecule has 0 saturated carbocycles. The van der Waals surface area contributed by atoms with Gasteiger partial charge in [-0.1, -0.05) is 12.7 Å². The van der Waals surface area contributed by atoms with Crippen molar-refractivity contribution in [3.63, 3.8) is 0 Å². The number of carbonyl (C=O) groups is 2. The molecular formula is C11H8Br2O4. The van der Waals surface area contributed by atoms with E-state index in [-0.39, 0.29) is 17.7 Å². The number of rotatable bonds is 4. The van der Waals surface area contributed by atoms with E-state index in [1.54, 1.807) is 0 Å². The van der Waals surface area contributed by atoms with Crippen molar-refractivity contribution in [2.45, 2.75) is 0 Å². The van der Waals surface area contributed by atoms with E-state index in [2.05, 4.69) is 38.4 Å². The highest BCUT2D eigenvalue weighted by atomic mass is 79.9. The molecule has 0 amide bonds. The Balaban J connectivity index is 3.11. The molecule has 90 valence electrons. The second kappa shape index (κ2) is 5.97. The lowest BCUT2D eigenvalue weighted by molar-refractivity contribution is 0.0547. The maximum atomic E-state index is 11.6. The van der Waals surface area contributed by atoms with Crippen LogP contribution in [0, 0.1) is 0 Å². The summed E-state index contributed by atoms with van der Waals surface area (Å²) in [5.74, 6) is -1.63. The molecule has 17 heavy (non-hydrogen) atoms. The molecule has 4 nitrogen and oxygen atoms in total. The predicted molar refractivity (Wildman–Crippen MR) is 69.3 cm³/mol. The molecule has 0 spiro atoms. The molecule has 0 fully saturated rings. The van der Waals surface area contributed by atoms with Crippen LogP contribution in [0.25, 0.3) is 0 Å². The smallest absolute Gasteiger partial charge is 0.339 e. The molecule has 0 bridgehead atoms.